The third-order valence-electron chi connectivity index (χ3n) is 3.18. The van der Waals surface area contributed by atoms with E-state index in [1.807, 2.05) is 24.0 Å². The lowest BCUT2D eigenvalue weighted by Crippen LogP contribution is -2.25. The average Bonchev–Trinajstić information content (AvgIpc) is 2.82. The molecule has 0 unspecified atom stereocenters. The van der Waals surface area contributed by atoms with Gasteiger partial charge in [0.1, 0.15) is 5.69 Å². The number of anilines is 1. The van der Waals surface area contributed by atoms with Crippen molar-refractivity contribution in [3.05, 3.63) is 30.0 Å². The fourth-order valence-electron chi connectivity index (χ4n) is 2.13. The highest BCUT2D eigenvalue weighted by molar-refractivity contribution is 5.94. The molecule has 0 saturated heterocycles. The van der Waals surface area contributed by atoms with Gasteiger partial charge in [-0.1, -0.05) is 0 Å². The summed E-state index contributed by atoms with van der Waals surface area (Å²) in [5.74, 6) is -1.83. The van der Waals surface area contributed by atoms with Gasteiger partial charge in [-0.2, -0.15) is 0 Å². The number of H-pyrrole nitrogens is 1. The highest BCUT2D eigenvalue weighted by atomic mass is 16.4. The number of aliphatic carboxylic acids is 1. The zero-order valence-electron chi connectivity index (χ0n) is 11.1. The van der Waals surface area contributed by atoms with Crippen molar-refractivity contribution in [2.45, 2.75) is 13.3 Å². The molecule has 0 aliphatic rings. The Hall–Kier alpha value is -2.50. The molecule has 3 N–H and O–H groups in total. The van der Waals surface area contributed by atoms with E-state index in [-0.39, 0.29) is 12.1 Å². The molecule has 0 aliphatic heterocycles. The van der Waals surface area contributed by atoms with Gasteiger partial charge in [0.2, 0.25) is 0 Å². The summed E-state index contributed by atoms with van der Waals surface area (Å²) in [6.07, 6.45) is 0.0688. The summed E-state index contributed by atoms with van der Waals surface area (Å²) < 4.78 is 0. The van der Waals surface area contributed by atoms with Crippen molar-refractivity contribution in [3.63, 3.8) is 0 Å². The van der Waals surface area contributed by atoms with E-state index in [4.69, 9.17) is 10.2 Å². The third kappa shape index (κ3) is 2.90. The second kappa shape index (κ2) is 5.64. The molecular formula is C14H16N2O4. The second-order valence-electron chi connectivity index (χ2n) is 4.48. The van der Waals surface area contributed by atoms with Crippen LogP contribution in [-0.2, 0) is 4.79 Å². The molecule has 0 spiro atoms. The molecule has 20 heavy (non-hydrogen) atoms. The average molecular weight is 276 g/mol. The first-order valence-corrected chi connectivity index (χ1v) is 6.34. The Labute approximate surface area is 115 Å². The van der Waals surface area contributed by atoms with Crippen LogP contribution in [0.3, 0.4) is 0 Å². The molecule has 2 aromatic rings. The van der Waals surface area contributed by atoms with Crippen molar-refractivity contribution < 1.29 is 19.8 Å². The number of carboxylic acids is 2. The summed E-state index contributed by atoms with van der Waals surface area (Å²) in [5, 5.41) is 18.5. The molecule has 2 rings (SSSR count). The van der Waals surface area contributed by atoms with Crippen LogP contribution in [0.1, 0.15) is 23.8 Å². The number of aromatic nitrogens is 1. The number of carboxylic acid groups (broad SMARTS) is 2. The number of hydrogen-bond donors (Lipinski definition) is 3. The molecule has 1 aromatic heterocycles. The van der Waals surface area contributed by atoms with E-state index in [2.05, 4.69) is 4.98 Å². The van der Waals surface area contributed by atoms with Crippen molar-refractivity contribution in [3.8, 4) is 0 Å². The summed E-state index contributed by atoms with van der Waals surface area (Å²) in [6.45, 7) is 3.06. The van der Waals surface area contributed by atoms with Crippen LogP contribution in [0.2, 0.25) is 0 Å². The molecule has 6 nitrogen and oxygen atoms in total. The molecule has 0 atom stereocenters. The highest BCUT2D eigenvalue weighted by Gasteiger charge is 2.11. The predicted molar refractivity (Wildman–Crippen MR) is 75.4 cm³/mol. The lowest BCUT2D eigenvalue weighted by atomic mass is 10.2. The Balaban J connectivity index is 2.29. The smallest absolute Gasteiger partial charge is 0.352 e. The molecule has 0 aliphatic carbocycles. The lowest BCUT2D eigenvalue weighted by molar-refractivity contribution is -0.136. The number of carbonyl (C=O) groups is 2. The minimum atomic E-state index is -0.999. The fraction of sp³-hybridized carbons (Fsp3) is 0.286. The van der Waals surface area contributed by atoms with Crippen LogP contribution in [0.15, 0.2) is 24.3 Å². The number of rotatable bonds is 6. The van der Waals surface area contributed by atoms with Crippen LogP contribution in [0.5, 0.6) is 0 Å². The number of benzene rings is 1. The van der Waals surface area contributed by atoms with Gasteiger partial charge in [-0.15, -0.1) is 0 Å². The maximum absolute atomic E-state index is 10.9. The number of nitrogens with one attached hydrogen (secondary N) is 1. The quantitative estimate of drug-likeness (QED) is 0.751. The van der Waals surface area contributed by atoms with Gasteiger partial charge < -0.3 is 20.1 Å². The van der Waals surface area contributed by atoms with Gasteiger partial charge in [0.15, 0.2) is 0 Å². The summed E-state index contributed by atoms with van der Waals surface area (Å²) in [6, 6.07) is 7.10. The van der Waals surface area contributed by atoms with E-state index < -0.39 is 11.9 Å². The largest absolute Gasteiger partial charge is 0.481 e. The Morgan fingerprint density at radius 1 is 1.25 bits per heavy atom. The highest BCUT2D eigenvalue weighted by Crippen LogP contribution is 2.23. The Kier molecular flexibility index (Phi) is 3.93. The van der Waals surface area contributed by atoms with Crippen LogP contribution < -0.4 is 4.90 Å². The van der Waals surface area contributed by atoms with Crippen molar-refractivity contribution >= 4 is 28.5 Å². The predicted octanol–water partition coefficient (Wildman–Crippen LogP) is 2.17. The zero-order chi connectivity index (χ0) is 14.7. The maximum Gasteiger partial charge on any atom is 0.352 e. The maximum atomic E-state index is 10.9. The van der Waals surface area contributed by atoms with Gasteiger partial charge in [0.25, 0.3) is 0 Å². The van der Waals surface area contributed by atoms with Gasteiger partial charge in [-0.3, -0.25) is 4.79 Å². The van der Waals surface area contributed by atoms with E-state index in [1.54, 1.807) is 12.1 Å². The molecule has 0 amide bonds. The SMILES string of the molecule is CCN(CCC(=O)O)c1ccc2[nH]c(C(=O)O)cc2c1. The van der Waals surface area contributed by atoms with Crippen LogP contribution in [-0.4, -0.2) is 40.2 Å². The molecule has 0 fully saturated rings. The van der Waals surface area contributed by atoms with Crippen LogP contribution in [0.4, 0.5) is 5.69 Å². The van der Waals surface area contributed by atoms with Gasteiger partial charge in [-0.25, -0.2) is 4.79 Å². The molecular weight excluding hydrogens is 260 g/mol. The van der Waals surface area contributed by atoms with Crippen LogP contribution >= 0.6 is 0 Å². The Morgan fingerprint density at radius 2 is 2.00 bits per heavy atom. The summed E-state index contributed by atoms with van der Waals surface area (Å²) in [5.41, 5.74) is 1.78. The molecule has 1 aromatic carbocycles. The van der Waals surface area contributed by atoms with E-state index in [0.29, 0.717) is 13.1 Å². The zero-order valence-corrected chi connectivity index (χ0v) is 11.1. The number of hydrogen-bond acceptors (Lipinski definition) is 3. The van der Waals surface area contributed by atoms with E-state index in [1.165, 1.54) is 0 Å². The van der Waals surface area contributed by atoms with Gasteiger partial charge >= 0.3 is 11.9 Å². The first-order valence-electron chi connectivity index (χ1n) is 6.34. The molecule has 0 saturated carbocycles. The Morgan fingerprint density at radius 3 is 2.60 bits per heavy atom. The number of aromatic amines is 1. The number of aromatic carboxylic acids is 1. The fourth-order valence-corrected chi connectivity index (χ4v) is 2.13. The van der Waals surface area contributed by atoms with E-state index in [9.17, 15) is 9.59 Å². The minimum absolute atomic E-state index is 0.0688. The second-order valence-corrected chi connectivity index (χ2v) is 4.48. The topological polar surface area (TPSA) is 93.6 Å². The molecule has 0 radical (unpaired) electrons. The Bertz CT molecular complexity index is 648. The van der Waals surface area contributed by atoms with E-state index >= 15 is 0 Å². The number of nitrogens with zero attached hydrogens (tertiary/aromatic N) is 1. The van der Waals surface area contributed by atoms with Crippen molar-refractivity contribution in [1.82, 2.24) is 4.98 Å². The number of fused-ring (bicyclic) bond motifs is 1. The first kappa shape index (κ1) is 13.9. The molecule has 0 bridgehead atoms. The summed E-state index contributed by atoms with van der Waals surface area (Å²) in [7, 11) is 0. The van der Waals surface area contributed by atoms with Crippen LogP contribution in [0.25, 0.3) is 10.9 Å². The first-order chi connectivity index (χ1) is 9.51. The molecule has 1 heterocycles. The molecule has 6 heteroatoms. The van der Waals surface area contributed by atoms with Crippen molar-refractivity contribution in [1.29, 1.82) is 0 Å². The monoisotopic (exact) mass is 276 g/mol. The third-order valence-corrected chi connectivity index (χ3v) is 3.18. The standard InChI is InChI=1S/C14H16N2O4/c1-2-16(6-5-13(17)18)10-3-4-11-9(7-10)8-12(15-11)14(19)20/h3-4,7-8,15H,2,5-6H2,1H3,(H,17,18)(H,19,20). The minimum Gasteiger partial charge on any atom is -0.481 e. The summed E-state index contributed by atoms with van der Waals surface area (Å²) in [4.78, 5) is 26.3. The van der Waals surface area contributed by atoms with E-state index in [0.717, 1.165) is 16.6 Å². The molecule has 106 valence electrons. The van der Waals surface area contributed by atoms with Gasteiger partial charge in [0.05, 0.1) is 6.42 Å². The normalized spacial score (nSPS) is 10.7. The van der Waals surface area contributed by atoms with Crippen molar-refractivity contribution in [2.24, 2.45) is 0 Å². The van der Waals surface area contributed by atoms with Gasteiger partial charge in [-0.05, 0) is 31.2 Å². The van der Waals surface area contributed by atoms with Gasteiger partial charge in [0, 0.05) is 29.7 Å². The van der Waals surface area contributed by atoms with Crippen molar-refractivity contribution in [2.75, 3.05) is 18.0 Å². The van der Waals surface area contributed by atoms with Crippen LogP contribution in [0, 0.1) is 0 Å². The summed E-state index contributed by atoms with van der Waals surface area (Å²) >= 11 is 0. The lowest BCUT2D eigenvalue weighted by Gasteiger charge is -2.22.